The Balaban J connectivity index is 1.71. The van der Waals surface area contributed by atoms with Gasteiger partial charge in [-0.1, -0.05) is 36.0 Å². The van der Waals surface area contributed by atoms with Gasteiger partial charge in [0.05, 0.1) is 17.0 Å². The van der Waals surface area contributed by atoms with E-state index in [1.54, 1.807) is 16.5 Å². The smallest absolute Gasteiger partial charge is 0.276 e. The van der Waals surface area contributed by atoms with Crippen LogP contribution in [-0.4, -0.2) is 28.3 Å². The molecule has 2 aromatic carbocycles. The van der Waals surface area contributed by atoms with Gasteiger partial charge in [-0.05, 0) is 60.7 Å². The number of aryl methyl sites for hydroxylation is 2. The quantitative estimate of drug-likeness (QED) is 0.333. The van der Waals surface area contributed by atoms with Crippen molar-refractivity contribution >= 4 is 44.9 Å². The summed E-state index contributed by atoms with van der Waals surface area (Å²) in [6.07, 6.45) is 0. The summed E-state index contributed by atoms with van der Waals surface area (Å²) in [5, 5.41) is 2.39. The van der Waals surface area contributed by atoms with E-state index in [1.165, 1.54) is 23.1 Å². The van der Waals surface area contributed by atoms with Gasteiger partial charge >= 0.3 is 0 Å². The van der Waals surface area contributed by atoms with Gasteiger partial charge in [0.2, 0.25) is 5.91 Å². The Hall–Kier alpha value is -2.90. The van der Waals surface area contributed by atoms with E-state index < -0.39 is 0 Å². The number of benzene rings is 2. The van der Waals surface area contributed by atoms with E-state index in [9.17, 15) is 9.59 Å². The van der Waals surface area contributed by atoms with Crippen molar-refractivity contribution in [2.75, 3.05) is 17.7 Å². The summed E-state index contributed by atoms with van der Waals surface area (Å²) in [5.41, 5.74) is 4.30. The standard InChI is InChI=1S/C23H21N3O2S2/c1-15-11-16(2)13-18(12-15)26-22(28)21-19(9-10-29-21)24-23(26)30-14-20(27)25(3)17-7-5-4-6-8-17/h4-13H,14H2,1-3H3. The van der Waals surface area contributed by atoms with Gasteiger partial charge < -0.3 is 4.90 Å². The van der Waals surface area contributed by atoms with E-state index in [1.807, 2.05) is 67.8 Å². The number of carbonyl (C=O) groups is 1. The Morgan fingerprint density at radius 1 is 1.10 bits per heavy atom. The molecule has 0 fully saturated rings. The fourth-order valence-corrected chi connectivity index (χ4v) is 5.00. The molecule has 0 atom stereocenters. The third-order valence-corrected chi connectivity index (χ3v) is 6.57. The van der Waals surface area contributed by atoms with Crippen molar-refractivity contribution < 1.29 is 4.79 Å². The summed E-state index contributed by atoms with van der Waals surface area (Å²) in [6, 6.07) is 17.3. The molecule has 0 saturated carbocycles. The van der Waals surface area contributed by atoms with Gasteiger partial charge in [0.15, 0.2) is 5.16 Å². The lowest BCUT2D eigenvalue weighted by atomic mass is 10.1. The van der Waals surface area contributed by atoms with Crippen LogP contribution in [0.5, 0.6) is 0 Å². The van der Waals surface area contributed by atoms with E-state index in [0.717, 1.165) is 22.5 Å². The molecule has 0 aliphatic carbocycles. The van der Waals surface area contributed by atoms with Crippen molar-refractivity contribution in [2.24, 2.45) is 0 Å². The van der Waals surface area contributed by atoms with Crippen molar-refractivity contribution in [3.63, 3.8) is 0 Å². The minimum Gasteiger partial charge on any atom is -0.315 e. The molecule has 1 amide bonds. The lowest BCUT2D eigenvalue weighted by Gasteiger charge is -2.18. The molecule has 0 aliphatic rings. The maximum Gasteiger partial charge on any atom is 0.276 e. The summed E-state index contributed by atoms with van der Waals surface area (Å²) in [4.78, 5) is 32.3. The topological polar surface area (TPSA) is 55.2 Å². The Kier molecular flexibility index (Phi) is 5.74. The first kappa shape index (κ1) is 20.4. The van der Waals surface area contributed by atoms with E-state index in [0.29, 0.717) is 15.4 Å². The van der Waals surface area contributed by atoms with Gasteiger partial charge in [-0.3, -0.25) is 14.2 Å². The van der Waals surface area contributed by atoms with Crippen LogP contribution in [0.15, 0.2) is 69.9 Å². The summed E-state index contributed by atoms with van der Waals surface area (Å²) in [6.45, 7) is 4.01. The SMILES string of the molecule is Cc1cc(C)cc(-n2c(SCC(=O)N(C)c3ccccc3)nc3ccsc3c2=O)c1. The molecular formula is C23H21N3O2S2. The van der Waals surface area contributed by atoms with Crippen LogP contribution in [0.4, 0.5) is 5.69 Å². The van der Waals surface area contributed by atoms with Crippen LogP contribution >= 0.6 is 23.1 Å². The number of hydrogen-bond acceptors (Lipinski definition) is 5. The Morgan fingerprint density at radius 3 is 2.50 bits per heavy atom. The van der Waals surface area contributed by atoms with Crippen LogP contribution in [0.25, 0.3) is 15.9 Å². The fourth-order valence-electron chi connectivity index (χ4n) is 3.32. The first-order chi connectivity index (χ1) is 14.4. The average molecular weight is 436 g/mol. The molecule has 2 aromatic heterocycles. The second kappa shape index (κ2) is 8.45. The molecule has 0 aliphatic heterocycles. The predicted octanol–water partition coefficient (Wildman–Crippen LogP) is 4.82. The summed E-state index contributed by atoms with van der Waals surface area (Å²) < 4.78 is 2.24. The minimum atomic E-state index is -0.105. The highest BCUT2D eigenvalue weighted by Gasteiger charge is 2.18. The molecule has 0 unspecified atom stereocenters. The van der Waals surface area contributed by atoms with Crippen molar-refractivity contribution in [3.05, 3.63) is 81.5 Å². The number of fused-ring (bicyclic) bond motifs is 1. The minimum absolute atomic E-state index is 0.0576. The summed E-state index contributed by atoms with van der Waals surface area (Å²) in [5.74, 6) is 0.121. The van der Waals surface area contributed by atoms with E-state index in [2.05, 4.69) is 6.07 Å². The normalized spacial score (nSPS) is 11.0. The summed E-state index contributed by atoms with van der Waals surface area (Å²) >= 11 is 2.67. The molecule has 0 saturated heterocycles. The van der Waals surface area contributed by atoms with E-state index in [4.69, 9.17) is 4.98 Å². The van der Waals surface area contributed by atoms with Crippen molar-refractivity contribution in [1.29, 1.82) is 0 Å². The van der Waals surface area contributed by atoms with Crippen LogP contribution in [-0.2, 0) is 4.79 Å². The molecule has 0 radical (unpaired) electrons. The van der Waals surface area contributed by atoms with Gasteiger partial charge in [0.25, 0.3) is 5.56 Å². The molecule has 0 spiro atoms. The Bertz CT molecular complexity index is 1260. The van der Waals surface area contributed by atoms with Gasteiger partial charge in [-0.25, -0.2) is 4.98 Å². The third kappa shape index (κ3) is 4.04. The molecule has 4 aromatic rings. The lowest BCUT2D eigenvalue weighted by Crippen LogP contribution is -2.28. The average Bonchev–Trinajstić information content (AvgIpc) is 3.20. The number of amides is 1. The second-order valence-corrected chi connectivity index (χ2v) is 8.95. The second-order valence-electron chi connectivity index (χ2n) is 7.09. The fraction of sp³-hybridized carbons (Fsp3) is 0.174. The number of thiophene rings is 1. The highest BCUT2D eigenvalue weighted by atomic mass is 32.2. The monoisotopic (exact) mass is 435 g/mol. The van der Waals surface area contributed by atoms with Crippen LogP contribution in [0.2, 0.25) is 0 Å². The molecule has 0 N–H and O–H groups in total. The Morgan fingerprint density at radius 2 is 1.80 bits per heavy atom. The maximum absolute atomic E-state index is 13.3. The summed E-state index contributed by atoms with van der Waals surface area (Å²) in [7, 11) is 1.75. The van der Waals surface area contributed by atoms with Crippen LogP contribution < -0.4 is 10.5 Å². The molecule has 0 bridgehead atoms. The number of nitrogens with zero attached hydrogens (tertiary/aromatic N) is 3. The van der Waals surface area contributed by atoms with E-state index >= 15 is 0 Å². The van der Waals surface area contributed by atoms with Crippen LogP contribution in [0.3, 0.4) is 0 Å². The highest BCUT2D eigenvalue weighted by Crippen LogP contribution is 2.25. The van der Waals surface area contributed by atoms with E-state index in [-0.39, 0.29) is 17.2 Å². The molecule has 4 rings (SSSR count). The van der Waals surface area contributed by atoms with Crippen molar-refractivity contribution in [3.8, 4) is 5.69 Å². The van der Waals surface area contributed by atoms with Gasteiger partial charge in [-0.15, -0.1) is 11.3 Å². The first-order valence-electron chi connectivity index (χ1n) is 9.47. The van der Waals surface area contributed by atoms with Gasteiger partial charge in [0.1, 0.15) is 4.70 Å². The zero-order valence-corrected chi connectivity index (χ0v) is 18.6. The molecule has 5 nitrogen and oxygen atoms in total. The number of aromatic nitrogens is 2. The number of hydrogen-bond donors (Lipinski definition) is 0. The number of carbonyl (C=O) groups excluding carboxylic acids is 1. The van der Waals surface area contributed by atoms with Gasteiger partial charge in [-0.2, -0.15) is 0 Å². The largest absolute Gasteiger partial charge is 0.315 e. The maximum atomic E-state index is 13.3. The Labute approximate surface area is 183 Å². The number of rotatable bonds is 5. The highest BCUT2D eigenvalue weighted by molar-refractivity contribution is 7.99. The van der Waals surface area contributed by atoms with Crippen LogP contribution in [0, 0.1) is 13.8 Å². The molecule has 7 heteroatoms. The molecule has 2 heterocycles. The zero-order valence-electron chi connectivity index (χ0n) is 17.0. The zero-order chi connectivity index (χ0) is 21.3. The molecule has 152 valence electrons. The third-order valence-electron chi connectivity index (χ3n) is 4.76. The van der Waals surface area contributed by atoms with Gasteiger partial charge in [0, 0.05) is 12.7 Å². The van der Waals surface area contributed by atoms with Crippen LogP contribution in [0.1, 0.15) is 11.1 Å². The predicted molar refractivity (Wildman–Crippen MR) is 125 cm³/mol. The number of anilines is 1. The van der Waals surface area contributed by atoms with Crippen molar-refractivity contribution in [2.45, 2.75) is 19.0 Å². The number of thioether (sulfide) groups is 1. The lowest BCUT2D eigenvalue weighted by molar-refractivity contribution is -0.115. The molecule has 30 heavy (non-hydrogen) atoms. The number of para-hydroxylation sites is 1. The first-order valence-corrected chi connectivity index (χ1v) is 11.3. The van der Waals surface area contributed by atoms with Crippen molar-refractivity contribution in [1.82, 2.24) is 9.55 Å². The molecular weight excluding hydrogens is 414 g/mol.